The third-order valence-electron chi connectivity index (χ3n) is 4.39. The van der Waals surface area contributed by atoms with E-state index >= 15 is 0 Å². The highest BCUT2D eigenvalue weighted by molar-refractivity contribution is 6.39. The van der Waals surface area contributed by atoms with Crippen LogP contribution in [0.4, 0.5) is 0 Å². The summed E-state index contributed by atoms with van der Waals surface area (Å²) in [5, 5.41) is 12.8. The maximum Gasteiger partial charge on any atom is 0.306 e. The van der Waals surface area contributed by atoms with Gasteiger partial charge in [-0.25, -0.2) is 0 Å². The van der Waals surface area contributed by atoms with E-state index in [0.29, 0.717) is 39.8 Å². The molecule has 0 aliphatic heterocycles. The molecule has 3 rings (SSSR count). The Bertz CT molecular complexity index is 1030. The molecule has 5 heteroatoms. The van der Waals surface area contributed by atoms with Crippen LogP contribution in [0.15, 0.2) is 48.5 Å². The predicted molar refractivity (Wildman–Crippen MR) is 109 cm³/mol. The minimum atomic E-state index is -0.286. The molecular formula is C22H17Cl2NO2. The Labute approximate surface area is 168 Å². The quantitative estimate of drug-likeness (QED) is 0.482. The molecule has 0 bridgehead atoms. The zero-order chi connectivity index (χ0) is 19.4. The summed E-state index contributed by atoms with van der Waals surface area (Å²) in [6.07, 6.45) is 0.602. The van der Waals surface area contributed by atoms with Gasteiger partial charge in [-0.15, -0.1) is 0 Å². The highest BCUT2D eigenvalue weighted by Crippen LogP contribution is 2.40. The molecule has 3 nitrogen and oxygen atoms in total. The fourth-order valence-electron chi connectivity index (χ4n) is 3.22. The number of halogens is 2. The number of nitrogens with zero attached hydrogens (tertiary/aromatic N) is 1. The number of aryl methyl sites for hydroxylation is 1. The number of ether oxygens (including phenoxy) is 1. The largest absolute Gasteiger partial charge is 0.466 e. The fourth-order valence-corrected chi connectivity index (χ4v) is 3.82. The number of carbonyl (C=O) groups excluding carboxylic acids is 1. The van der Waals surface area contributed by atoms with Gasteiger partial charge in [0.1, 0.15) is 6.07 Å². The lowest BCUT2D eigenvalue weighted by molar-refractivity contribution is -0.143. The second-order valence-corrected chi connectivity index (χ2v) is 6.83. The number of benzene rings is 3. The van der Waals surface area contributed by atoms with Gasteiger partial charge in [0.15, 0.2) is 0 Å². The van der Waals surface area contributed by atoms with Crippen LogP contribution >= 0.6 is 23.2 Å². The van der Waals surface area contributed by atoms with E-state index in [1.165, 1.54) is 0 Å². The molecular weight excluding hydrogens is 381 g/mol. The average molecular weight is 398 g/mol. The van der Waals surface area contributed by atoms with Crippen LogP contribution in [0, 0.1) is 11.3 Å². The average Bonchev–Trinajstić information content (AvgIpc) is 2.66. The normalized spacial score (nSPS) is 10.6. The molecule has 0 spiro atoms. The number of carbonyl (C=O) groups is 1. The molecule has 3 aromatic carbocycles. The molecule has 0 aliphatic carbocycles. The lowest BCUT2D eigenvalue weighted by Crippen LogP contribution is -2.07. The van der Waals surface area contributed by atoms with Crippen LogP contribution < -0.4 is 0 Å². The van der Waals surface area contributed by atoms with E-state index in [-0.39, 0.29) is 12.4 Å². The molecule has 0 atom stereocenters. The molecule has 0 amide bonds. The molecule has 0 saturated carbocycles. The topological polar surface area (TPSA) is 50.1 Å². The monoisotopic (exact) mass is 397 g/mol. The Balaban J connectivity index is 2.24. The summed E-state index contributed by atoms with van der Waals surface area (Å²) in [7, 11) is 0. The van der Waals surface area contributed by atoms with Crippen molar-refractivity contribution in [2.24, 2.45) is 0 Å². The first-order chi connectivity index (χ1) is 13.1. The van der Waals surface area contributed by atoms with Gasteiger partial charge in [-0.2, -0.15) is 5.26 Å². The van der Waals surface area contributed by atoms with E-state index in [1.807, 2.05) is 30.3 Å². The van der Waals surface area contributed by atoms with E-state index in [0.717, 1.165) is 16.3 Å². The van der Waals surface area contributed by atoms with Gasteiger partial charge in [0, 0.05) is 27.6 Å². The lowest BCUT2D eigenvalue weighted by Gasteiger charge is -2.16. The van der Waals surface area contributed by atoms with Crippen molar-refractivity contribution >= 4 is 39.9 Å². The third-order valence-corrected chi connectivity index (χ3v) is 5.02. The molecule has 0 unspecified atom stereocenters. The van der Waals surface area contributed by atoms with Crippen molar-refractivity contribution in [2.75, 3.05) is 6.61 Å². The van der Waals surface area contributed by atoms with Crippen LogP contribution in [0.3, 0.4) is 0 Å². The molecule has 0 aromatic heterocycles. The number of fused-ring (bicyclic) bond motifs is 1. The summed E-state index contributed by atoms with van der Waals surface area (Å²) >= 11 is 12.8. The number of esters is 1. The van der Waals surface area contributed by atoms with Gasteiger partial charge >= 0.3 is 5.97 Å². The standard InChI is InChI=1S/C22H17Cl2NO2/c1-2-27-21(26)11-10-16-15-7-4-3-6-14(15)12-17(18(16)13-25)22-19(23)8-5-9-20(22)24/h3-9,12H,2,10-11H2,1H3. The number of rotatable bonds is 5. The molecule has 0 N–H and O–H groups in total. The van der Waals surface area contributed by atoms with Gasteiger partial charge in [0.25, 0.3) is 0 Å². The highest BCUT2D eigenvalue weighted by atomic mass is 35.5. The second-order valence-electron chi connectivity index (χ2n) is 6.01. The highest BCUT2D eigenvalue weighted by Gasteiger charge is 2.19. The van der Waals surface area contributed by atoms with E-state index < -0.39 is 0 Å². The number of hydrogen-bond donors (Lipinski definition) is 0. The minimum Gasteiger partial charge on any atom is -0.466 e. The van der Waals surface area contributed by atoms with Crippen molar-refractivity contribution in [3.8, 4) is 17.2 Å². The summed E-state index contributed by atoms with van der Waals surface area (Å²) < 4.78 is 5.04. The van der Waals surface area contributed by atoms with E-state index in [2.05, 4.69) is 6.07 Å². The summed E-state index contributed by atoms with van der Waals surface area (Å²) in [5.74, 6) is -0.286. The van der Waals surface area contributed by atoms with Gasteiger partial charge in [0.05, 0.1) is 12.2 Å². The van der Waals surface area contributed by atoms with Crippen LogP contribution in [0.2, 0.25) is 10.0 Å². The van der Waals surface area contributed by atoms with Crippen LogP contribution in [0.5, 0.6) is 0 Å². The Kier molecular flexibility index (Phi) is 6.01. The zero-order valence-electron chi connectivity index (χ0n) is 14.8. The van der Waals surface area contributed by atoms with Crippen molar-refractivity contribution in [2.45, 2.75) is 19.8 Å². The first kappa shape index (κ1) is 19.2. The smallest absolute Gasteiger partial charge is 0.306 e. The minimum absolute atomic E-state index is 0.201. The summed E-state index contributed by atoms with van der Waals surface area (Å²) in [6, 6.07) is 17.3. The maximum absolute atomic E-state index is 11.9. The SMILES string of the molecule is CCOC(=O)CCc1c(C#N)c(-c2c(Cl)cccc2Cl)cc2ccccc12. The van der Waals surface area contributed by atoms with Crippen LogP contribution in [-0.4, -0.2) is 12.6 Å². The van der Waals surface area contributed by atoms with Gasteiger partial charge < -0.3 is 4.74 Å². The van der Waals surface area contributed by atoms with Gasteiger partial charge in [-0.1, -0.05) is 53.5 Å². The molecule has 0 radical (unpaired) electrons. The molecule has 0 heterocycles. The first-order valence-electron chi connectivity index (χ1n) is 8.61. The van der Waals surface area contributed by atoms with Crippen molar-refractivity contribution in [3.05, 3.63) is 69.7 Å². The summed E-state index contributed by atoms with van der Waals surface area (Å²) in [5.41, 5.74) is 2.58. The second kappa shape index (κ2) is 8.43. The van der Waals surface area contributed by atoms with Gasteiger partial charge in [-0.3, -0.25) is 4.79 Å². The Hall–Kier alpha value is -2.54. The predicted octanol–water partition coefficient (Wildman–Crippen LogP) is 6.18. The van der Waals surface area contributed by atoms with Crippen LogP contribution in [0.25, 0.3) is 21.9 Å². The zero-order valence-corrected chi connectivity index (χ0v) is 16.3. The summed E-state index contributed by atoms with van der Waals surface area (Å²) in [4.78, 5) is 11.9. The maximum atomic E-state index is 11.9. The van der Waals surface area contributed by atoms with Crippen molar-refractivity contribution in [1.82, 2.24) is 0 Å². The van der Waals surface area contributed by atoms with E-state index in [9.17, 15) is 10.1 Å². The molecule has 27 heavy (non-hydrogen) atoms. The Morgan fingerprint density at radius 3 is 2.48 bits per heavy atom. The Morgan fingerprint density at radius 1 is 1.11 bits per heavy atom. The fraction of sp³-hybridized carbons (Fsp3) is 0.182. The van der Waals surface area contributed by atoms with Crippen LogP contribution in [0.1, 0.15) is 24.5 Å². The van der Waals surface area contributed by atoms with E-state index in [1.54, 1.807) is 25.1 Å². The Morgan fingerprint density at radius 2 is 1.81 bits per heavy atom. The molecule has 0 saturated heterocycles. The van der Waals surface area contributed by atoms with Crippen LogP contribution in [-0.2, 0) is 16.0 Å². The number of nitriles is 1. The van der Waals surface area contributed by atoms with Crippen molar-refractivity contribution in [3.63, 3.8) is 0 Å². The van der Waals surface area contributed by atoms with Gasteiger partial charge in [-0.05, 0) is 47.9 Å². The molecule has 3 aromatic rings. The van der Waals surface area contributed by atoms with Gasteiger partial charge in [0.2, 0.25) is 0 Å². The van der Waals surface area contributed by atoms with Crippen molar-refractivity contribution < 1.29 is 9.53 Å². The summed E-state index contributed by atoms with van der Waals surface area (Å²) in [6.45, 7) is 2.11. The van der Waals surface area contributed by atoms with Crippen molar-refractivity contribution in [1.29, 1.82) is 5.26 Å². The molecule has 136 valence electrons. The lowest BCUT2D eigenvalue weighted by atomic mass is 9.89. The molecule has 0 fully saturated rings. The van der Waals surface area contributed by atoms with E-state index in [4.69, 9.17) is 27.9 Å². The first-order valence-corrected chi connectivity index (χ1v) is 9.37. The molecule has 0 aliphatic rings. The number of hydrogen-bond acceptors (Lipinski definition) is 3. The third kappa shape index (κ3) is 3.93.